The number of hydrogen-bond donors (Lipinski definition) is 3. The quantitative estimate of drug-likeness (QED) is 0.665. The number of hydrogen-bond acceptors (Lipinski definition) is 6. The number of nitrogens with zero attached hydrogens (tertiary/aromatic N) is 4. The van der Waals surface area contributed by atoms with Crippen LogP contribution in [0.5, 0.6) is 0 Å². The minimum Gasteiger partial charge on any atom is -0.368 e. The van der Waals surface area contributed by atoms with Gasteiger partial charge in [0.15, 0.2) is 11.5 Å². The fourth-order valence-electron chi connectivity index (χ4n) is 2.62. The Balaban J connectivity index is 1.60. The number of H-pyrrole nitrogens is 1. The first kappa shape index (κ1) is 14.6. The number of anilines is 2. The molecule has 8 nitrogen and oxygen atoms in total. The molecule has 0 spiro atoms. The van der Waals surface area contributed by atoms with Crippen LogP contribution in [0.4, 0.5) is 11.8 Å². The summed E-state index contributed by atoms with van der Waals surface area (Å²) in [6, 6.07) is 0. The van der Waals surface area contributed by atoms with Crippen LogP contribution in [0.25, 0.3) is 11.2 Å². The van der Waals surface area contributed by atoms with Gasteiger partial charge in [-0.05, 0) is 19.8 Å². The molecule has 3 rings (SSSR count). The molecule has 22 heavy (non-hydrogen) atoms. The lowest BCUT2D eigenvalue weighted by Gasteiger charge is -2.15. The van der Waals surface area contributed by atoms with Crippen LogP contribution in [0.1, 0.15) is 26.2 Å². The summed E-state index contributed by atoms with van der Waals surface area (Å²) in [5.74, 6) is 1.58. The molecule has 3 N–H and O–H groups in total. The first-order valence-electron chi connectivity index (χ1n) is 7.74. The number of carbonyl (C=O) groups is 1. The third-order valence-corrected chi connectivity index (χ3v) is 3.69. The smallest absolute Gasteiger partial charge is 0.226 e. The molecule has 0 aromatic carbocycles. The Morgan fingerprint density at radius 1 is 1.36 bits per heavy atom. The lowest BCUT2D eigenvalue weighted by atomic mass is 10.3. The normalized spacial score (nSPS) is 14.8. The average molecular weight is 303 g/mol. The van der Waals surface area contributed by atoms with Crippen molar-refractivity contribution in [3.8, 4) is 0 Å². The van der Waals surface area contributed by atoms with Gasteiger partial charge in [-0.1, -0.05) is 0 Å². The molecule has 0 aliphatic carbocycles. The van der Waals surface area contributed by atoms with Gasteiger partial charge in [0.2, 0.25) is 11.9 Å². The third-order valence-electron chi connectivity index (χ3n) is 3.69. The van der Waals surface area contributed by atoms with Gasteiger partial charge in [0, 0.05) is 32.6 Å². The van der Waals surface area contributed by atoms with Crippen molar-refractivity contribution in [1.82, 2.24) is 24.8 Å². The van der Waals surface area contributed by atoms with E-state index in [0.29, 0.717) is 18.0 Å². The summed E-state index contributed by atoms with van der Waals surface area (Å²) in [6.07, 6.45) is 4.18. The summed E-state index contributed by atoms with van der Waals surface area (Å²) in [4.78, 5) is 29.5. The predicted molar refractivity (Wildman–Crippen MR) is 84.8 cm³/mol. The van der Waals surface area contributed by atoms with Crippen molar-refractivity contribution in [3.63, 3.8) is 0 Å². The minimum atomic E-state index is 0.271. The van der Waals surface area contributed by atoms with Gasteiger partial charge in [-0.25, -0.2) is 4.98 Å². The number of rotatable bonds is 7. The zero-order valence-electron chi connectivity index (χ0n) is 12.7. The van der Waals surface area contributed by atoms with Crippen LogP contribution in [0.15, 0.2) is 6.33 Å². The zero-order chi connectivity index (χ0) is 15.4. The molecule has 3 heterocycles. The molecule has 0 bridgehead atoms. The van der Waals surface area contributed by atoms with Gasteiger partial charge in [-0.15, -0.1) is 0 Å². The Kier molecular flexibility index (Phi) is 4.36. The van der Waals surface area contributed by atoms with Gasteiger partial charge < -0.3 is 20.5 Å². The number of nitrogens with one attached hydrogen (secondary N) is 3. The van der Waals surface area contributed by atoms with Crippen molar-refractivity contribution in [2.45, 2.75) is 26.2 Å². The fourth-order valence-corrected chi connectivity index (χ4v) is 2.62. The number of carbonyl (C=O) groups excluding carboxylic acids is 1. The maximum absolute atomic E-state index is 11.6. The van der Waals surface area contributed by atoms with E-state index in [-0.39, 0.29) is 5.91 Å². The van der Waals surface area contributed by atoms with Crippen molar-refractivity contribution in [2.75, 3.05) is 36.8 Å². The van der Waals surface area contributed by atoms with E-state index in [9.17, 15) is 4.79 Å². The van der Waals surface area contributed by atoms with Gasteiger partial charge in [0.25, 0.3) is 0 Å². The lowest BCUT2D eigenvalue weighted by Crippen LogP contribution is -2.27. The second-order valence-corrected chi connectivity index (χ2v) is 5.29. The van der Waals surface area contributed by atoms with Gasteiger partial charge in [-0.2, -0.15) is 9.97 Å². The van der Waals surface area contributed by atoms with Crippen molar-refractivity contribution >= 4 is 28.8 Å². The standard InChI is InChI=1S/C14H21N7O/c1-2-15-14-19-12(11-13(20-14)18-9-17-11)16-6-4-8-21-7-3-5-10(21)22/h9H,2-8H2,1H3,(H3,15,16,17,18,19,20). The van der Waals surface area contributed by atoms with Gasteiger partial charge in [0.05, 0.1) is 6.33 Å². The summed E-state index contributed by atoms with van der Waals surface area (Å²) in [5.41, 5.74) is 1.45. The van der Waals surface area contributed by atoms with Crippen molar-refractivity contribution in [3.05, 3.63) is 6.33 Å². The van der Waals surface area contributed by atoms with E-state index in [2.05, 4.69) is 30.6 Å². The Labute approximate surface area is 128 Å². The first-order valence-corrected chi connectivity index (χ1v) is 7.74. The van der Waals surface area contributed by atoms with Crippen LogP contribution in [-0.4, -0.2) is 56.9 Å². The van der Waals surface area contributed by atoms with E-state index >= 15 is 0 Å². The maximum atomic E-state index is 11.6. The Morgan fingerprint density at radius 2 is 2.27 bits per heavy atom. The summed E-state index contributed by atoms with van der Waals surface area (Å²) in [7, 11) is 0. The number of imidazole rings is 1. The largest absolute Gasteiger partial charge is 0.368 e. The highest BCUT2D eigenvalue weighted by Crippen LogP contribution is 2.18. The molecule has 118 valence electrons. The molecule has 0 saturated carbocycles. The van der Waals surface area contributed by atoms with E-state index in [1.54, 1.807) is 6.33 Å². The molecular weight excluding hydrogens is 282 g/mol. The van der Waals surface area contributed by atoms with Crippen molar-refractivity contribution in [2.24, 2.45) is 0 Å². The average Bonchev–Trinajstić information content (AvgIpc) is 3.13. The zero-order valence-corrected chi connectivity index (χ0v) is 12.7. The highest BCUT2D eigenvalue weighted by Gasteiger charge is 2.19. The molecule has 0 radical (unpaired) electrons. The van der Waals surface area contributed by atoms with E-state index in [1.807, 2.05) is 11.8 Å². The third kappa shape index (κ3) is 3.10. The van der Waals surface area contributed by atoms with E-state index in [4.69, 9.17) is 0 Å². The van der Waals surface area contributed by atoms with Crippen LogP contribution in [-0.2, 0) is 4.79 Å². The number of amides is 1. The summed E-state index contributed by atoms with van der Waals surface area (Å²) < 4.78 is 0. The molecule has 1 amide bonds. The van der Waals surface area contributed by atoms with Crippen LogP contribution in [0.2, 0.25) is 0 Å². The molecule has 1 aliphatic heterocycles. The van der Waals surface area contributed by atoms with Gasteiger partial charge in [-0.3, -0.25) is 4.79 Å². The Hall–Kier alpha value is -2.38. The van der Waals surface area contributed by atoms with Crippen LogP contribution in [0, 0.1) is 0 Å². The second-order valence-electron chi connectivity index (χ2n) is 5.29. The molecule has 1 aliphatic rings. The summed E-state index contributed by atoms with van der Waals surface area (Å²) in [5, 5.41) is 6.41. The Morgan fingerprint density at radius 3 is 3.05 bits per heavy atom. The molecule has 1 fully saturated rings. The molecule has 0 unspecified atom stereocenters. The van der Waals surface area contributed by atoms with Gasteiger partial charge >= 0.3 is 0 Å². The van der Waals surface area contributed by atoms with Crippen molar-refractivity contribution < 1.29 is 4.79 Å². The minimum absolute atomic E-state index is 0.271. The number of aromatic nitrogens is 4. The molecule has 0 atom stereocenters. The summed E-state index contributed by atoms with van der Waals surface area (Å²) in [6.45, 7) is 5.19. The van der Waals surface area contributed by atoms with Crippen molar-refractivity contribution in [1.29, 1.82) is 0 Å². The first-order chi connectivity index (χ1) is 10.8. The molecule has 2 aromatic heterocycles. The SMILES string of the molecule is CCNc1nc(NCCCN2CCCC2=O)c2[nH]cnc2n1. The van der Waals surface area contributed by atoms with Crippen LogP contribution >= 0.6 is 0 Å². The van der Waals surface area contributed by atoms with E-state index in [1.165, 1.54) is 0 Å². The van der Waals surface area contributed by atoms with Crippen LogP contribution in [0.3, 0.4) is 0 Å². The molecule has 2 aromatic rings. The number of aromatic amines is 1. The van der Waals surface area contributed by atoms with Gasteiger partial charge in [0.1, 0.15) is 5.52 Å². The van der Waals surface area contributed by atoms with E-state index < -0.39 is 0 Å². The van der Waals surface area contributed by atoms with E-state index in [0.717, 1.165) is 50.4 Å². The summed E-state index contributed by atoms with van der Waals surface area (Å²) >= 11 is 0. The highest BCUT2D eigenvalue weighted by atomic mass is 16.2. The maximum Gasteiger partial charge on any atom is 0.226 e. The highest BCUT2D eigenvalue weighted by molar-refractivity contribution is 5.83. The Bertz CT molecular complexity index is 654. The fraction of sp³-hybridized carbons (Fsp3) is 0.571. The second kappa shape index (κ2) is 6.59. The number of fused-ring (bicyclic) bond motifs is 1. The molecule has 8 heteroatoms. The monoisotopic (exact) mass is 303 g/mol. The predicted octanol–water partition coefficient (Wildman–Crippen LogP) is 1.21. The van der Waals surface area contributed by atoms with Crippen LogP contribution < -0.4 is 10.6 Å². The number of likely N-dealkylation sites (tertiary alicyclic amines) is 1. The molecular formula is C14H21N7O. The lowest BCUT2D eigenvalue weighted by molar-refractivity contribution is -0.127. The topological polar surface area (TPSA) is 98.8 Å². The molecule has 1 saturated heterocycles.